The fraction of sp³-hybridized carbons (Fsp3) is 0.409. The topological polar surface area (TPSA) is 225 Å². The summed E-state index contributed by atoms with van der Waals surface area (Å²) in [6.07, 6.45) is 11.2. The van der Waals surface area contributed by atoms with E-state index in [2.05, 4.69) is 88.2 Å². The van der Waals surface area contributed by atoms with Gasteiger partial charge in [-0.05, 0) is 146 Å². The Bertz CT molecular complexity index is 3820. The minimum Gasteiger partial charge on any atom is -0.455 e. The molecule has 0 radical (unpaired) electrons. The number of aromatic nitrogens is 2. The number of amides is 4. The van der Waals surface area contributed by atoms with E-state index in [4.69, 9.17) is 16.3 Å². The highest BCUT2D eigenvalue weighted by Crippen LogP contribution is 2.44. The number of fused-ring (bicyclic) bond motifs is 2. The first-order chi connectivity index (χ1) is 42.0. The number of benzene rings is 4. The van der Waals surface area contributed by atoms with E-state index in [9.17, 15) is 32.8 Å². The largest absolute Gasteiger partial charge is 0.455 e. The molecule has 1 atom stereocenters. The van der Waals surface area contributed by atoms with E-state index in [1.165, 1.54) is 28.8 Å². The third-order valence-electron chi connectivity index (χ3n) is 18.4. The number of hydrogen-bond acceptors (Lipinski definition) is 15. The molecule has 2 aliphatic carbocycles. The summed E-state index contributed by atoms with van der Waals surface area (Å²) < 4.78 is 36.7. The zero-order chi connectivity index (χ0) is 60.4. The molecule has 4 aliphatic heterocycles. The van der Waals surface area contributed by atoms with E-state index in [1.807, 2.05) is 42.5 Å². The van der Waals surface area contributed by atoms with Crippen LogP contribution in [0.4, 0.5) is 17.1 Å². The lowest BCUT2D eigenvalue weighted by Gasteiger charge is -2.41. The summed E-state index contributed by atoms with van der Waals surface area (Å²) >= 11 is 6.28. The quantitative estimate of drug-likeness (QED) is 0.0302. The first kappa shape index (κ1) is 59.6. The van der Waals surface area contributed by atoms with Crippen molar-refractivity contribution in [3.8, 4) is 23.3 Å². The number of carbonyl (C=O) groups excluding carboxylic acids is 4. The van der Waals surface area contributed by atoms with Crippen LogP contribution < -0.4 is 30.5 Å². The number of halogens is 1. The monoisotopic (exact) mass is 1220 g/mol. The number of pyridine rings is 1. The van der Waals surface area contributed by atoms with E-state index in [0.717, 1.165) is 131 Å². The SMILES string of the molecule is CC1(C)CCC(CN2CCN(c3ccc(C(=O)NS(=O)(=O)c4ccc(NCC5CCC(N6CCN(CC#Cc7cccc8c7CN(C7CCC(=O)NC7=O)C8=O)CC6)CC5)c(NO)c4)c(Oc4cnc5[nH]ccc5c4)c3)CC2)=C(c2ccc(Cl)cc2)C1. The van der Waals surface area contributed by atoms with Crippen molar-refractivity contribution in [2.45, 2.75) is 95.2 Å². The van der Waals surface area contributed by atoms with Gasteiger partial charge in [0.05, 0.1) is 34.6 Å². The predicted octanol–water partition coefficient (Wildman–Crippen LogP) is 9.12. The van der Waals surface area contributed by atoms with E-state index < -0.39 is 27.9 Å². The number of H-pyrrole nitrogens is 1. The lowest BCUT2D eigenvalue weighted by Crippen LogP contribution is -2.52. The summed E-state index contributed by atoms with van der Waals surface area (Å²) in [7, 11) is -4.45. The van der Waals surface area contributed by atoms with Gasteiger partial charge in [0.2, 0.25) is 11.8 Å². The number of sulfonamides is 1. The number of rotatable bonds is 16. The van der Waals surface area contributed by atoms with E-state index in [-0.39, 0.29) is 45.5 Å². The van der Waals surface area contributed by atoms with Gasteiger partial charge < -0.3 is 24.8 Å². The molecule has 0 bridgehead atoms. The van der Waals surface area contributed by atoms with Crippen molar-refractivity contribution in [2.24, 2.45) is 11.3 Å². The summed E-state index contributed by atoms with van der Waals surface area (Å²) in [5.74, 6) is 5.74. The Hall–Kier alpha value is -7.77. The highest BCUT2D eigenvalue weighted by molar-refractivity contribution is 7.90. The lowest BCUT2D eigenvalue weighted by molar-refractivity contribution is -0.136. The zero-order valence-corrected chi connectivity index (χ0v) is 50.7. The molecule has 19 nitrogen and oxygen atoms in total. The summed E-state index contributed by atoms with van der Waals surface area (Å²) in [4.78, 5) is 70.4. The Morgan fingerprint density at radius 2 is 1.64 bits per heavy atom. The first-order valence-corrected chi connectivity index (χ1v) is 32.2. The molecule has 454 valence electrons. The van der Waals surface area contributed by atoms with Gasteiger partial charge >= 0.3 is 0 Å². The first-order valence-electron chi connectivity index (χ1n) is 30.3. The Kier molecular flexibility index (Phi) is 17.5. The van der Waals surface area contributed by atoms with Crippen LogP contribution in [-0.2, 0) is 26.2 Å². The molecule has 6 heterocycles. The fourth-order valence-electron chi connectivity index (χ4n) is 13.4. The molecule has 4 amide bonds. The maximum Gasteiger partial charge on any atom is 0.268 e. The normalized spacial score (nSPS) is 21.3. The standard InChI is InChI=1S/C66H74ClN11O8S/c1-66(2)24-22-47(55(38-66)45-10-12-48(67)13-11-45)41-75-29-33-77(34-30-75)50-16-18-54(60(36-50)86-51-35-46-23-25-68-62(46)70-40-51)63(80)73-87(84,85)52-17-19-57(58(37-52)72-83)69-39-43-8-14-49(15-9-43)76-31-27-74(28-32-76)26-4-6-44-5-3-7-53-56(44)42-78(65(53)82)59-20-21-61(79)71-64(59)81/h3,5,7,10-13,16-19,23,25,35-37,40,43,49,59,69,72,83H,8-9,14-15,20-22,24,26-34,38-39,41-42H2,1-2H3,(H,68,70)(H,73,80)(H,71,79,81). The molecule has 4 aromatic carbocycles. The van der Waals surface area contributed by atoms with Crippen LogP contribution in [0.5, 0.6) is 11.5 Å². The second-order valence-corrected chi connectivity index (χ2v) is 26.8. The van der Waals surface area contributed by atoms with Gasteiger partial charge in [-0.15, -0.1) is 0 Å². The molecule has 12 rings (SSSR count). The second kappa shape index (κ2) is 25.5. The van der Waals surface area contributed by atoms with E-state index in [0.29, 0.717) is 60.7 Å². The number of hydrogen-bond donors (Lipinski definition) is 6. The minimum atomic E-state index is -4.45. The van der Waals surface area contributed by atoms with Crippen LogP contribution in [-0.4, -0.2) is 151 Å². The molecule has 21 heteroatoms. The number of anilines is 3. The molecular weight excluding hydrogens is 1140 g/mol. The van der Waals surface area contributed by atoms with Crippen molar-refractivity contribution in [2.75, 3.05) is 87.7 Å². The maximum absolute atomic E-state index is 14.2. The number of piperidine rings is 1. The van der Waals surface area contributed by atoms with Crippen LogP contribution in [0.3, 0.4) is 0 Å². The highest BCUT2D eigenvalue weighted by Gasteiger charge is 2.40. The summed E-state index contributed by atoms with van der Waals surface area (Å²) in [5.41, 5.74) is 10.9. The number of carbonyl (C=O) groups is 4. The molecule has 0 spiro atoms. The van der Waals surface area contributed by atoms with Gasteiger partial charge in [-0.25, -0.2) is 18.1 Å². The molecule has 6 N–H and O–H groups in total. The molecule has 2 aromatic heterocycles. The summed E-state index contributed by atoms with van der Waals surface area (Å²) in [6.45, 7) is 13.9. The van der Waals surface area contributed by atoms with Crippen molar-refractivity contribution >= 4 is 78.9 Å². The third-order valence-corrected chi connectivity index (χ3v) is 20.0. The smallest absolute Gasteiger partial charge is 0.268 e. The zero-order valence-electron chi connectivity index (χ0n) is 49.2. The van der Waals surface area contributed by atoms with Crippen LogP contribution in [0, 0.1) is 23.2 Å². The number of ether oxygens (including phenoxy) is 1. The molecule has 6 aromatic rings. The molecule has 4 fully saturated rings. The van der Waals surface area contributed by atoms with Gasteiger partial charge in [-0.1, -0.05) is 61.1 Å². The number of nitrogens with zero attached hydrogens (tertiary/aromatic N) is 6. The van der Waals surface area contributed by atoms with Crippen LogP contribution >= 0.6 is 11.6 Å². The van der Waals surface area contributed by atoms with Crippen LogP contribution in [0.2, 0.25) is 5.02 Å². The van der Waals surface area contributed by atoms with Crippen LogP contribution in [0.25, 0.3) is 16.6 Å². The Balaban J connectivity index is 0.633. The molecule has 1 saturated carbocycles. The van der Waals surface area contributed by atoms with Gasteiger partial charge in [0.25, 0.3) is 21.8 Å². The van der Waals surface area contributed by atoms with Gasteiger partial charge in [-0.3, -0.25) is 49.9 Å². The van der Waals surface area contributed by atoms with Crippen molar-refractivity contribution < 1.29 is 37.5 Å². The maximum atomic E-state index is 14.2. The van der Waals surface area contributed by atoms with Crippen LogP contribution in [0.15, 0.2) is 114 Å². The number of imide groups is 1. The van der Waals surface area contributed by atoms with Gasteiger partial charge in [0, 0.05) is 124 Å². The van der Waals surface area contributed by atoms with E-state index >= 15 is 0 Å². The van der Waals surface area contributed by atoms with Crippen molar-refractivity contribution in [3.05, 3.63) is 142 Å². The van der Waals surface area contributed by atoms with Crippen molar-refractivity contribution in [3.63, 3.8) is 0 Å². The Morgan fingerprint density at radius 1 is 0.862 bits per heavy atom. The molecule has 1 unspecified atom stereocenters. The Labute approximate surface area is 512 Å². The van der Waals surface area contributed by atoms with Gasteiger partial charge in [0.15, 0.2) is 0 Å². The number of allylic oxidation sites excluding steroid dienone is 1. The molecule has 6 aliphatic rings. The third kappa shape index (κ3) is 13.5. The number of piperazine rings is 2. The highest BCUT2D eigenvalue weighted by atomic mass is 35.5. The minimum absolute atomic E-state index is 0.0193. The fourth-order valence-corrected chi connectivity index (χ4v) is 14.5. The Morgan fingerprint density at radius 3 is 2.41 bits per heavy atom. The van der Waals surface area contributed by atoms with E-state index in [1.54, 1.807) is 41.6 Å². The van der Waals surface area contributed by atoms with Crippen molar-refractivity contribution in [1.82, 2.24) is 39.6 Å². The average molecular weight is 1220 g/mol. The van der Waals surface area contributed by atoms with Gasteiger partial charge in [-0.2, -0.15) is 0 Å². The van der Waals surface area contributed by atoms with Crippen LogP contribution in [0.1, 0.15) is 109 Å². The molecule has 3 saturated heterocycles. The predicted molar refractivity (Wildman–Crippen MR) is 335 cm³/mol. The average Bonchev–Trinajstić information content (AvgIpc) is 3.47. The number of aromatic amines is 1. The summed E-state index contributed by atoms with van der Waals surface area (Å²) in [6, 6.07) is 26.8. The number of nitrogens with one attached hydrogen (secondary N) is 5. The lowest BCUT2D eigenvalue weighted by atomic mass is 9.72. The molecule has 87 heavy (non-hydrogen) atoms. The van der Waals surface area contributed by atoms with Crippen molar-refractivity contribution in [1.29, 1.82) is 0 Å². The summed E-state index contributed by atoms with van der Waals surface area (Å²) in [5, 5.41) is 17.6. The second-order valence-electron chi connectivity index (χ2n) is 24.7. The molecular formula is C66H74ClN11O8S. The van der Waals surface area contributed by atoms with Gasteiger partial charge in [0.1, 0.15) is 23.2 Å².